The quantitative estimate of drug-likeness (QED) is 0.604. The zero-order chi connectivity index (χ0) is 14.9. The number of benzene rings is 2. The molecule has 0 saturated heterocycles. The average Bonchev–Trinajstić information content (AvgIpc) is 2.55. The molecule has 2 rings (SSSR count). The zero-order valence-corrected chi connectivity index (χ0v) is 11.5. The van der Waals surface area contributed by atoms with Crippen molar-refractivity contribution in [3.8, 4) is 0 Å². The van der Waals surface area contributed by atoms with Crippen LogP contribution in [0.5, 0.6) is 0 Å². The summed E-state index contributed by atoms with van der Waals surface area (Å²) >= 11 is 0. The van der Waals surface area contributed by atoms with Crippen molar-refractivity contribution in [3.05, 3.63) is 71.8 Å². The summed E-state index contributed by atoms with van der Waals surface area (Å²) in [4.78, 5) is 23.3. The van der Waals surface area contributed by atoms with Gasteiger partial charge in [-0.15, -0.1) is 0 Å². The Balaban J connectivity index is 1.64. The second-order valence-corrected chi connectivity index (χ2v) is 4.36. The van der Waals surface area contributed by atoms with Crippen LogP contribution in [0.4, 0.5) is 0 Å². The van der Waals surface area contributed by atoms with E-state index in [0.29, 0.717) is 17.5 Å². The molecule has 0 bridgehead atoms. The molecule has 0 saturated carbocycles. The minimum Gasteiger partial charge on any atom is -0.462 e. The molecule has 0 spiro atoms. The molecule has 0 aliphatic rings. The lowest BCUT2D eigenvalue weighted by molar-refractivity contribution is 0.0396. The molecule has 2 aromatic rings. The highest BCUT2D eigenvalue weighted by molar-refractivity contribution is 5.89. The molecule has 0 radical (unpaired) electrons. The lowest BCUT2D eigenvalue weighted by Crippen LogP contribution is -2.11. The molecule has 108 valence electrons. The molecular weight excluding hydrogens is 268 g/mol. The highest BCUT2D eigenvalue weighted by atomic mass is 16.5. The molecular formula is C17H16O4. The average molecular weight is 284 g/mol. The maximum absolute atomic E-state index is 11.6. The number of carbonyl (C=O) groups excluding carboxylic acids is 2. The molecule has 0 aromatic heterocycles. The molecule has 0 heterocycles. The molecule has 2 aromatic carbocycles. The number of ether oxygens (including phenoxy) is 2. The molecule has 0 unspecified atom stereocenters. The van der Waals surface area contributed by atoms with Gasteiger partial charge in [0.05, 0.1) is 24.3 Å². The monoisotopic (exact) mass is 284 g/mol. The molecule has 0 aliphatic carbocycles. The summed E-state index contributed by atoms with van der Waals surface area (Å²) in [6, 6.07) is 17.5. The summed E-state index contributed by atoms with van der Waals surface area (Å²) in [5.41, 5.74) is 1.03. The van der Waals surface area contributed by atoms with E-state index in [4.69, 9.17) is 9.47 Å². The Kier molecular flexibility index (Phi) is 5.52. The van der Waals surface area contributed by atoms with E-state index in [2.05, 4.69) is 0 Å². The van der Waals surface area contributed by atoms with Crippen molar-refractivity contribution in [1.29, 1.82) is 0 Å². The topological polar surface area (TPSA) is 52.6 Å². The molecule has 0 atom stereocenters. The summed E-state index contributed by atoms with van der Waals surface area (Å²) in [5.74, 6) is -0.741. The van der Waals surface area contributed by atoms with Gasteiger partial charge in [0.2, 0.25) is 0 Å². The van der Waals surface area contributed by atoms with E-state index in [0.717, 1.165) is 0 Å². The fourth-order valence-electron chi connectivity index (χ4n) is 1.70. The first-order valence-corrected chi connectivity index (χ1v) is 6.72. The minimum absolute atomic E-state index is 0.218. The Bertz CT molecular complexity index is 525. The van der Waals surface area contributed by atoms with Gasteiger partial charge in [-0.1, -0.05) is 36.4 Å². The maximum atomic E-state index is 11.6. The van der Waals surface area contributed by atoms with Crippen LogP contribution < -0.4 is 0 Å². The van der Waals surface area contributed by atoms with Crippen molar-refractivity contribution in [2.45, 2.75) is 6.42 Å². The van der Waals surface area contributed by atoms with Gasteiger partial charge in [0, 0.05) is 6.42 Å². The summed E-state index contributed by atoms with van der Waals surface area (Å²) in [6.45, 7) is 0.436. The third-order valence-corrected chi connectivity index (χ3v) is 2.77. The van der Waals surface area contributed by atoms with Gasteiger partial charge >= 0.3 is 11.9 Å². The second kappa shape index (κ2) is 7.85. The van der Waals surface area contributed by atoms with Crippen LogP contribution in [0.1, 0.15) is 27.1 Å². The van der Waals surface area contributed by atoms with Crippen molar-refractivity contribution in [1.82, 2.24) is 0 Å². The number of esters is 2. The normalized spacial score (nSPS) is 9.90. The van der Waals surface area contributed by atoms with E-state index in [9.17, 15) is 9.59 Å². The number of hydrogen-bond donors (Lipinski definition) is 0. The molecule has 0 aliphatic heterocycles. The van der Waals surface area contributed by atoms with E-state index in [-0.39, 0.29) is 25.2 Å². The Morgan fingerprint density at radius 3 is 1.43 bits per heavy atom. The van der Waals surface area contributed by atoms with E-state index in [1.807, 2.05) is 12.1 Å². The zero-order valence-electron chi connectivity index (χ0n) is 11.5. The standard InChI is InChI=1S/C17H16O4/c18-16(14-8-3-1-4-9-14)20-12-7-13-21-17(19)15-10-5-2-6-11-15/h1-6,8-11H,7,12-13H2. The van der Waals surface area contributed by atoms with Crippen LogP contribution in [-0.2, 0) is 9.47 Å². The fourth-order valence-corrected chi connectivity index (χ4v) is 1.70. The van der Waals surface area contributed by atoms with Gasteiger partial charge < -0.3 is 9.47 Å². The van der Waals surface area contributed by atoms with E-state index < -0.39 is 0 Å². The molecule has 0 amide bonds. The molecule has 21 heavy (non-hydrogen) atoms. The first-order chi connectivity index (χ1) is 10.3. The largest absolute Gasteiger partial charge is 0.462 e. The van der Waals surface area contributed by atoms with Crippen LogP contribution in [0.25, 0.3) is 0 Å². The molecule has 4 nitrogen and oxygen atoms in total. The van der Waals surface area contributed by atoms with Gasteiger partial charge in [-0.25, -0.2) is 9.59 Å². The smallest absolute Gasteiger partial charge is 0.338 e. The van der Waals surface area contributed by atoms with E-state index in [1.165, 1.54) is 0 Å². The number of hydrogen-bond acceptors (Lipinski definition) is 4. The Labute approximate surface area is 123 Å². The predicted molar refractivity (Wildman–Crippen MR) is 78.1 cm³/mol. The van der Waals surface area contributed by atoms with Gasteiger partial charge in [0.15, 0.2) is 0 Å². The summed E-state index contributed by atoms with van der Waals surface area (Å²) in [5, 5.41) is 0. The fraction of sp³-hybridized carbons (Fsp3) is 0.176. The van der Waals surface area contributed by atoms with Crippen LogP contribution in [0.15, 0.2) is 60.7 Å². The molecule has 0 fully saturated rings. The van der Waals surface area contributed by atoms with Crippen LogP contribution >= 0.6 is 0 Å². The van der Waals surface area contributed by atoms with Crippen molar-refractivity contribution < 1.29 is 19.1 Å². The van der Waals surface area contributed by atoms with Gasteiger partial charge in [0.25, 0.3) is 0 Å². The third-order valence-electron chi connectivity index (χ3n) is 2.77. The first kappa shape index (κ1) is 14.8. The van der Waals surface area contributed by atoms with Crippen LogP contribution in [0.3, 0.4) is 0 Å². The van der Waals surface area contributed by atoms with Crippen molar-refractivity contribution in [3.63, 3.8) is 0 Å². The maximum Gasteiger partial charge on any atom is 0.338 e. The predicted octanol–water partition coefficient (Wildman–Crippen LogP) is 3.09. The molecule has 0 N–H and O–H groups in total. The highest BCUT2D eigenvalue weighted by Gasteiger charge is 2.07. The Morgan fingerprint density at radius 1 is 0.667 bits per heavy atom. The summed E-state index contributed by atoms with van der Waals surface area (Å²) in [7, 11) is 0. The second-order valence-electron chi connectivity index (χ2n) is 4.36. The minimum atomic E-state index is -0.370. The van der Waals surface area contributed by atoms with Gasteiger partial charge in [-0.2, -0.15) is 0 Å². The van der Waals surface area contributed by atoms with E-state index >= 15 is 0 Å². The van der Waals surface area contributed by atoms with Crippen LogP contribution in [-0.4, -0.2) is 25.2 Å². The molecule has 4 heteroatoms. The third kappa shape index (κ3) is 4.76. The first-order valence-electron chi connectivity index (χ1n) is 6.72. The van der Waals surface area contributed by atoms with Gasteiger partial charge in [0.1, 0.15) is 0 Å². The van der Waals surface area contributed by atoms with E-state index in [1.54, 1.807) is 48.5 Å². The van der Waals surface area contributed by atoms with Crippen LogP contribution in [0.2, 0.25) is 0 Å². The lowest BCUT2D eigenvalue weighted by atomic mass is 10.2. The Morgan fingerprint density at radius 2 is 1.05 bits per heavy atom. The highest BCUT2D eigenvalue weighted by Crippen LogP contribution is 2.03. The summed E-state index contributed by atoms with van der Waals surface area (Å²) in [6.07, 6.45) is 0.469. The van der Waals surface area contributed by atoms with Crippen LogP contribution in [0, 0.1) is 0 Å². The lowest BCUT2D eigenvalue weighted by Gasteiger charge is -2.06. The number of rotatable bonds is 6. The van der Waals surface area contributed by atoms with Gasteiger partial charge in [-0.3, -0.25) is 0 Å². The van der Waals surface area contributed by atoms with Crippen molar-refractivity contribution >= 4 is 11.9 Å². The van der Waals surface area contributed by atoms with Crippen molar-refractivity contribution in [2.24, 2.45) is 0 Å². The summed E-state index contributed by atoms with van der Waals surface area (Å²) < 4.78 is 10.2. The van der Waals surface area contributed by atoms with Crippen molar-refractivity contribution in [2.75, 3.05) is 13.2 Å². The Hall–Kier alpha value is -2.62. The van der Waals surface area contributed by atoms with Gasteiger partial charge in [-0.05, 0) is 24.3 Å². The SMILES string of the molecule is O=C(OCCCOC(=O)c1ccccc1)c1ccccc1. The number of carbonyl (C=O) groups is 2.